The largest absolute Gasteiger partial charge is 0.334 e. The minimum absolute atomic E-state index is 0.0321. The molecule has 4 atom stereocenters. The molecule has 724 valence electrons. The fourth-order valence-electron chi connectivity index (χ4n) is 32.1. The first-order chi connectivity index (χ1) is 68.4. The normalized spacial score (nSPS) is 23.4. The highest BCUT2D eigenvalue weighted by Gasteiger charge is 2.62. The molecule has 2 saturated carbocycles. The number of fused-ring (bicyclic) bond motifs is 24. The molecule has 0 amide bonds. The van der Waals surface area contributed by atoms with Crippen LogP contribution in [-0.2, 0) is 54.1 Å². The maximum absolute atomic E-state index is 2.83. The van der Waals surface area contributed by atoms with Crippen LogP contribution < -0.4 is 67.4 Å². The van der Waals surface area contributed by atoms with Crippen LogP contribution in [0.3, 0.4) is 0 Å². The van der Waals surface area contributed by atoms with E-state index in [0.717, 1.165) is 12.8 Å². The van der Waals surface area contributed by atoms with Crippen molar-refractivity contribution in [2.75, 3.05) is 29.4 Å². The molecule has 0 spiro atoms. The van der Waals surface area contributed by atoms with Gasteiger partial charge in [0.25, 0.3) is 13.4 Å². The lowest BCUT2D eigenvalue weighted by atomic mass is 9.33. The number of anilines is 16. The zero-order chi connectivity index (χ0) is 99.5. The lowest BCUT2D eigenvalue weighted by Crippen LogP contribution is -2.61. The Morgan fingerprint density at radius 1 is 0.236 bits per heavy atom. The van der Waals surface area contributed by atoms with Gasteiger partial charge >= 0.3 is 0 Å². The Kier molecular flexibility index (Phi) is 19.2. The molecule has 12 aliphatic rings. The average molecular weight is 1940 g/mol. The van der Waals surface area contributed by atoms with Crippen LogP contribution in [-0.4, -0.2) is 32.6 Å². The maximum Gasteiger partial charge on any atom is 0.252 e. The summed E-state index contributed by atoms with van der Waals surface area (Å²) in [5.74, 6) is 0. The van der Waals surface area contributed by atoms with E-state index in [1.54, 1.807) is 10.8 Å². The molecule has 11 heteroatoms. The van der Waals surface area contributed by atoms with Gasteiger partial charge in [0.05, 0.1) is 30.5 Å². The first-order valence-corrected chi connectivity index (χ1v) is 59.7. The molecular formula is C133H140B2N6S2Si. The zero-order valence-electron chi connectivity index (χ0n) is 89.4. The Bertz CT molecular complexity index is 8270. The van der Waals surface area contributed by atoms with E-state index in [9.17, 15) is 0 Å². The van der Waals surface area contributed by atoms with E-state index in [1.807, 2.05) is 22.7 Å². The third kappa shape index (κ3) is 12.5. The highest BCUT2D eigenvalue weighted by Crippen LogP contribution is 2.66. The average Bonchev–Trinajstić information content (AvgIpc) is 1.01. The molecule has 0 radical (unpaired) electrons. The number of rotatable bonds is 7. The molecule has 2 fully saturated rings. The minimum Gasteiger partial charge on any atom is -0.334 e. The summed E-state index contributed by atoms with van der Waals surface area (Å²) in [5.41, 5.74) is 45.0. The summed E-state index contributed by atoms with van der Waals surface area (Å²) in [6.07, 6.45) is 16.9. The van der Waals surface area contributed by atoms with Crippen molar-refractivity contribution in [1.82, 2.24) is 0 Å². The van der Waals surface area contributed by atoms with Gasteiger partial charge in [0.2, 0.25) is 0 Å². The van der Waals surface area contributed by atoms with Crippen LogP contribution in [0.2, 0.25) is 19.6 Å². The Morgan fingerprint density at radius 2 is 0.576 bits per heavy atom. The van der Waals surface area contributed by atoms with Crippen LogP contribution in [0.15, 0.2) is 261 Å². The van der Waals surface area contributed by atoms with Gasteiger partial charge in [-0.3, -0.25) is 0 Å². The molecule has 8 heterocycles. The van der Waals surface area contributed by atoms with Gasteiger partial charge in [-0.15, -0.1) is 22.7 Å². The molecular weight excluding hydrogens is 1800 g/mol. The van der Waals surface area contributed by atoms with Crippen LogP contribution in [0.25, 0.3) is 40.3 Å². The summed E-state index contributed by atoms with van der Waals surface area (Å²) in [5, 5.41) is 6.90. The molecule has 0 bridgehead atoms. The summed E-state index contributed by atoms with van der Waals surface area (Å²) < 4.78 is 5.33. The quantitative estimate of drug-likeness (QED) is 0.147. The Balaban J connectivity index is 0.000000144. The van der Waals surface area contributed by atoms with Crippen LogP contribution in [0, 0.1) is 0 Å². The van der Waals surface area contributed by atoms with E-state index in [0.29, 0.717) is 0 Å². The Morgan fingerprint density at radius 3 is 1.02 bits per heavy atom. The van der Waals surface area contributed by atoms with Crippen LogP contribution in [0.1, 0.15) is 284 Å². The van der Waals surface area contributed by atoms with Gasteiger partial charge in [0.15, 0.2) is 0 Å². The highest BCUT2D eigenvalue weighted by molar-refractivity contribution is 7.26. The van der Waals surface area contributed by atoms with Gasteiger partial charge < -0.3 is 29.4 Å². The topological polar surface area (TPSA) is 19.4 Å². The second kappa shape index (κ2) is 30.2. The van der Waals surface area contributed by atoms with Crippen molar-refractivity contribution in [3.8, 4) is 0 Å². The number of nitrogens with zero attached hydrogens (tertiary/aromatic N) is 6. The minimum atomic E-state index is -1.57. The molecule has 6 aliphatic heterocycles. The lowest BCUT2D eigenvalue weighted by Gasteiger charge is -2.50. The number of thiophene rings is 2. The predicted molar refractivity (Wildman–Crippen MR) is 627 cm³/mol. The summed E-state index contributed by atoms with van der Waals surface area (Å²) in [7, 11) is -1.57. The predicted octanol–water partition coefficient (Wildman–Crippen LogP) is 32.9. The van der Waals surface area contributed by atoms with Crippen molar-refractivity contribution < 1.29 is 0 Å². The molecule has 144 heavy (non-hydrogen) atoms. The van der Waals surface area contributed by atoms with Gasteiger partial charge in [0.1, 0.15) is 0 Å². The summed E-state index contributed by atoms with van der Waals surface area (Å²) >= 11 is 3.84. The fourth-order valence-corrected chi connectivity index (χ4v) is 35.6. The number of hydrogen-bond donors (Lipinski definition) is 0. The molecule has 6 nitrogen and oxygen atoms in total. The summed E-state index contributed by atoms with van der Waals surface area (Å²) in [4.78, 5) is 16.4. The number of para-hydroxylation sites is 1. The van der Waals surface area contributed by atoms with Crippen molar-refractivity contribution >= 4 is 213 Å². The standard InChI is InChI=1S/C68H74BN3SSi.C65H66BN3S/c1-63(2)34-35-64(3,4)47-36-42(26-29-46(47)63)70-55-22-18-23-56-62(55)69(52-39-48-49(40-58(52)70)66(7,8)41-65(48,5)6)51-30-27-43(37-57(51)71(56)54-21-19-25-60-61(54)45-20-14-15-24-59(45)73-60)72-53-31-28-44(74(11,12)13)38-50(53)67(9)32-16-17-33-68(67,72)10;1-60(2)33-34-61(3,4)45-35-40(27-29-43(45)60)67-52-23-17-24-53-59(52)66(49-37-46-47(38-55(49)67)63(7,8)39-62(46,5)6)48-30-28-41(69-50-21-13-12-20-44(50)64(9)31-15-16-32-65(64,69)10)36-54(48)68(53)51-22-18-26-57-58(51)42-19-11-14-25-56(42)70-57/h14-15,18-31,36-40H,16-17,32-35,41H2,1-13H3;11-14,17-30,35-38H,15-16,31-34,39H2,1-10H3. The molecule has 4 unspecified atom stereocenters. The van der Waals surface area contributed by atoms with E-state index < -0.39 is 8.07 Å². The SMILES string of the molecule is CC1(C)CCC(C)(C)c2cc(N3c4cc5c(cc4B4c6ccc(N7c8ccc([Si](C)(C)C)cc8C8(C)CCCCC78C)cc6N(c6cccc7sc8ccccc8c67)c6cccc3c64)C(C)(C)CC5(C)C)ccc21.CC1(C)CCC(C)(C)c2cc(N3c4cc5c(cc4B4c6ccc(N7c8ccccc8C8(C)CCCCC78C)cc6N(c6cccc7sc8ccccc8c67)c6cccc3c64)C(C)(C)CC5(C)C)ccc21. The monoisotopic (exact) mass is 1940 g/mol. The van der Waals surface area contributed by atoms with Crippen molar-refractivity contribution in [3.63, 3.8) is 0 Å². The second-order valence-corrected chi connectivity index (χ2v) is 60.4. The summed E-state index contributed by atoms with van der Waals surface area (Å²) in [6, 6.07) is 105. The van der Waals surface area contributed by atoms with Crippen LogP contribution >= 0.6 is 22.7 Å². The van der Waals surface area contributed by atoms with Crippen LogP contribution in [0.5, 0.6) is 0 Å². The maximum atomic E-state index is 2.83. The first-order valence-electron chi connectivity index (χ1n) is 54.5. The van der Waals surface area contributed by atoms with E-state index in [2.05, 4.69) is 448 Å². The van der Waals surface area contributed by atoms with Gasteiger partial charge in [0, 0.05) is 131 Å². The molecule has 6 aliphatic carbocycles. The molecule has 0 saturated heterocycles. The van der Waals surface area contributed by atoms with Crippen molar-refractivity contribution in [1.29, 1.82) is 0 Å². The molecule has 2 aromatic heterocycles. The van der Waals surface area contributed by atoms with Crippen LogP contribution in [0.4, 0.5) is 91.0 Å². The third-order valence-corrected chi connectivity index (χ3v) is 44.2. The number of hydrogen-bond acceptors (Lipinski definition) is 8. The molecule has 0 N–H and O–H groups in total. The van der Waals surface area contributed by atoms with Gasteiger partial charge in [-0.1, -0.05) is 303 Å². The highest BCUT2D eigenvalue weighted by atomic mass is 32.1. The van der Waals surface area contributed by atoms with Gasteiger partial charge in [-0.2, -0.15) is 0 Å². The molecule has 16 aromatic rings. The lowest BCUT2D eigenvalue weighted by molar-refractivity contribution is 0.195. The van der Waals surface area contributed by atoms with Crippen molar-refractivity contribution in [2.24, 2.45) is 0 Å². The van der Waals surface area contributed by atoms with E-state index >= 15 is 0 Å². The number of benzene rings is 14. The molecule has 14 aromatic carbocycles. The van der Waals surface area contributed by atoms with Crippen molar-refractivity contribution in [2.45, 2.75) is 313 Å². The summed E-state index contributed by atoms with van der Waals surface area (Å²) in [6.45, 7) is 57.6. The smallest absolute Gasteiger partial charge is 0.252 e. The zero-order valence-corrected chi connectivity index (χ0v) is 92.0. The Labute approximate surface area is 865 Å². The van der Waals surface area contributed by atoms with Gasteiger partial charge in [-0.25, -0.2) is 0 Å². The third-order valence-electron chi connectivity index (χ3n) is 39.8. The van der Waals surface area contributed by atoms with Crippen molar-refractivity contribution in [3.05, 3.63) is 316 Å². The molecule has 28 rings (SSSR count). The van der Waals surface area contributed by atoms with E-state index in [-0.39, 0.29) is 78.7 Å². The van der Waals surface area contributed by atoms with Gasteiger partial charge in [-0.05, 0) is 343 Å². The van der Waals surface area contributed by atoms with E-state index in [4.69, 9.17) is 0 Å². The fraction of sp³-hybridized carbons (Fsp3) is 0.368. The Hall–Kier alpha value is -11.3. The van der Waals surface area contributed by atoms with E-state index in [1.165, 1.54) is 291 Å². The first kappa shape index (κ1) is 91.4. The second-order valence-electron chi connectivity index (χ2n) is 53.2.